The predicted octanol–water partition coefficient (Wildman–Crippen LogP) is 5.79. The molecule has 2 rings (SSSR count). The zero-order valence-electron chi connectivity index (χ0n) is 21.3. The van der Waals surface area contributed by atoms with Crippen molar-refractivity contribution in [1.29, 1.82) is 0 Å². The molecule has 1 aliphatic carbocycles. The molecular weight excluding hydrogens is 426 g/mol. The highest BCUT2D eigenvalue weighted by Gasteiger charge is 2.32. The lowest BCUT2D eigenvalue weighted by Gasteiger charge is -2.15. The average Bonchev–Trinajstić information content (AvgIpc) is 3.19. The van der Waals surface area contributed by atoms with E-state index in [9.17, 15) is 14.7 Å². The Labute approximate surface area is 206 Å². The quantitative estimate of drug-likeness (QED) is 0.223. The van der Waals surface area contributed by atoms with Gasteiger partial charge in [0, 0.05) is 25.3 Å². The van der Waals surface area contributed by atoms with Crippen molar-refractivity contribution >= 4 is 11.7 Å². The molecule has 34 heavy (non-hydrogen) atoms. The maximum Gasteiger partial charge on any atom is 0.220 e. The Morgan fingerprint density at radius 2 is 1.97 bits per heavy atom. The van der Waals surface area contributed by atoms with Crippen LogP contribution in [0.1, 0.15) is 89.5 Å². The van der Waals surface area contributed by atoms with Crippen LogP contribution in [0.2, 0.25) is 0 Å². The number of unbranched alkanes of at least 4 members (excludes halogenated alkanes) is 5. The van der Waals surface area contributed by atoms with Crippen molar-refractivity contribution in [2.24, 2.45) is 11.8 Å². The zero-order chi connectivity index (χ0) is 24.6. The maximum atomic E-state index is 12.3. The van der Waals surface area contributed by atoms with E-state index >= 15 is 0 Å². The second-order valence-corrected chi connectivity index (χ2v) is 9.59. The first-order valence-corrected chi connectivity index (χ1v) is 13.3. The molecular formula is C29H45NO4. The molecule has 0 saturated heterocycles. The van der Waals surface area contributed by atoms with Crippen LogP contribution in [0.5, 0.6) is 5.75 Å². The smallest absolute Gasteiger partial charge is 0.220 e. The summed E-state index contributed by atoms with van der Waals surface area (Å²) in [6.45, 7) is 2.78. The van der Waals surface area contributed by atoms with Crippen LogP contribution in [-0.2, 0) is 16.0 Å². The number of aliphatic hydroxyl groups is 1. The van der Waals surface area contributed by atoms with Gasteiger partial charge >= 0.3 is 0 Å². The summed E-state index contributed by atoms with van der Waals surface area (Å²) in [5.41, 5.74) is 1.10. The minimum Gasteiger partial charge on any atom is -0.496 e. The second-order valence-electron chi connectivity index (χ2n) is 9.59. The molecule has 0 aliphatic heterocycles. The summed E-state index contributed by atoms with van der Waals surface area (Å²) >= 11 is 0. The van der Waals surface area contributed by atoms with Gasteiger partial charge in [0.15, 0.2) is 0 Å². The molecule has 0 aromatic heterocycles. The number of para-hydroxylation sites is 1. The summed E-state index contributed by atoms with van der Waals surface area (Å²) < 4.78 is 5.35. The summed E-state index contributed by atoms with van der Waals surface area (Å²) in [6.07, 6.45) is 15.6. The Balaban J connectivity index is 1.57. The highest BCUT2D eigenvalue weighted by Crippen LogP contribution is 2.34. The van der Waals surface area contributed by atoms with Crippen LogP contribution in [0.4, 0.5) is 0 Å². The Kier molecular flexibility index (Phi) is 13.6. The van der Waals surface area contributed by atoms with E-state index in [1.807, 2.05) is 30.3 Å². The average molecular weight is 472 g/mol. The first-order valence-electron chi connectivity index (χ1n) is 13.3. The largest absolute Gasteiger partial charge is 0.496 e. The number of methoxy groups -OCH3 is 1. The lowest BCUT2D eigenvalue weighted by atomic mass is 9.89. The number of carbonyl (C=O) groups excluding carboxylic acids is 2. The van der Waals surface area contributed by atoms with E-state index in [0.717, 1.165) is 81.9 Å². The van der Waals surface area contributed by atoms with Crippen LogP contribution < -0.4 is 10.1 Å². The lowest BCUT2D eigenvalue weighted by Crippen LogP contribution is -2.25. The summed E-state index contributed by atoms with van der Waals surface area (Å²) in [7, 11) is 1.66. The zero-order valence-corrected chi connectivity index (χ0v) is 21.3. The SMILES string of the molecule is CCCCCC(O)C=CC1CCC(=O)C1CCCCCCC(=O)NCCc1ccccc1OC. The number of hydrogen-bond donors (Lipinski definition) is 2. The van der Waals surface area contributed by atoms with Gasteiger partial charge in [0.25, 0.3) is 0 Å². The first kappa shape index (κ1) is 28.1. The molecule has 5 nitrogen and oxygen atoms in total. The number of amides is 1. The third-order valence-corrected chi connectivity index (χ3v) is 6.92. The summed E-state index contributed by atoms with van der Waals surface area (Å²) in [5, 5.41) is 13.1. The van der Waals surface area contributed by atoms with Crippen LogP contribution in [0.3, 0.4) is 0 Å². The van der Waals surface area contributed by atoms with Crippen LogP contribution in [-0.4, -0.2) is 36.6 Å². The fourth-order valence-corrected chi connectivity index (χ4v) is 4.85. The minimum absolute atomic E-state index is 0.101. The third-order valence-electron chi connectivity index (χ3n) is 6.92. The van der Waals surface area contributed by atoms with Crippen molar-refractivity contribution in [3.63, 3.8) is 0 Å². The number of ether oxygens (including phenoxy) is 1. The Bertz CT molecular complexity index is 760. The number of rotatable bonds is 17. The molecule has 0 radical (unpaired) electrons. The number of carbonyl (C=O) groups is 2. The number of allylic oxidation sites excluding steroid dienone is 1. The van der Waals surface area contributed by atoms with Crippen molar-refractivity contribution in [3.8, 4) is 5.75 Å². The Morgan fingerprint density at radius 1 is 1.18 bits per heavy atom. The van der Waals surface area contributed by atoms with Crippen molar-refractivity contribution < 1.29 is 19.4 Å². The van der Waals surface area contributed by atoms with Gasteiger partial charge in [-0.25, -0.2) is 0 Å². The summed E-state index contributed by atoms with van der Waals surface area (Å²) in [4.78, 5) is 24.4. The van der Waals surface area contributed by atoms with E-state index in [4.69, 9.17) is 4.74 Å². The number of aliphatic hydroxyl groups excluding tert-OH is 1. The van der Waals surface area contributed by atoms with E-state index in [1.54, 1.807) is 7.11 Å². The predicted molar refractivity (Wildman–Crippen MR) is 138 cm³/mol. The molecule has 3 atom stereocenters. The topological polar surface area (TPSA) is 75.6 Å². The molecule has 1 aromatic rings. The molecule has 3 unspecified atom stereocenters. The maximum absolute atomic E-state index is 12.3. The van der Waals surface area contributed by atoms with Gasteiger partial charge < -0.3 is 15.2 Å². The van der Waals surface area contributed by atoms with Gasteiger partial charge in [0.2, 0.25) is 5.91 Å². The number of ketones is 1. The molecule has 1 amide bonds. The van der Waals surface area contributed by atoms with Gasteiger partial charge in [-0.3, -0.25) is 9.59 Å². The number of hydrogen-bond acceptors (Lipinski definition) is 4. The third kappa shape index (κ3) is 10.4. The normalized spacial score (nSPS) is 19.0. The molecule has 190 valence electrons. The van der Waals surface area contributed by atoms with Gasteiger partial charge in [-0.15, -0.1) is 0 Å². The van der Waals surface area contributed by atoms with E-state index < -0.39 is 0 Å². The Hall–Kier alpha value is -2.14. The Morgan fingerprint density at radius 3 is 2.76 bits per heavy atom. The van der Waals surface area contributed by atoms with E-state index in [2.05, 4.69) is 18.3 Å². The lowest BCUT2D eigenvalue weighted by molar-refractivity contribution is -0.121. The molecule has 5 heteroatoms. The van der Waals surface area contributed by atoms with Crippen LogP contribution >= 0.6 is 0 Å². The molecule has 2 N–H and O–H groups in total. The van der Waals surface area contributed by atoms with Crippen molar-refractivity contribution in [1.82, 2.24) is 5.32 Å². The minimum atomic E-state index is -0.385. The summed E-state index contributed by atoms with van der Waals surface area (Å²) in [6, 6.07) is 7.89. The van der Waals surface area contributed by atoms with Crippen LogP contribution in [0.25, 0.3) is 0 Å². The molecule has 0 heterocycles. The highest BCUT2D eigenvalue weighted by molar-refractivity contribution is 5.83. The molecule has 1 aromatic carbocycles. The highest BCUT2D eigenvalue weighted by atomic mass is 16.5. The molecule has 1 saturated carbocycles. The van der Waals surface area contributed by atoms with Gasteiger partial charge in [-0.05, 0) is 49.7 Å². The van der Waals surface area contributed by atoms with Crippen LogP contribution in [0.15, 0.2) is 36.4 Å². The molecule has 1 fully saturated rings. The standard InChI is InChI=1S/C29H45NO4/c1-3-4-7-13-25(31)19-17-23-18-20-27(32)26(23)14-8-5-6-9-16-29(33)30-22-21-24-12-10-11-15-28(24)34-2/h10-12,15,17,19,23,25-26,31H,3-9,13-14,16,18,20-22H2,1-2H3,(H,30,33). The van der Waals surface area contributed by atoms with E-state index in [-0.39, 0.29) is 23.8 Å². The van der Waals surface area contributed by atoms with Gasteiger partial charge in [0.1, 0.15) is 11.5 Å². The molecule has 0 bridgehead atoms. The van der Waals surface area contributed by atoms with Crippen molar-refractivity contribution in [3.05, 3.63) is 42.0 Å². The van der Waals surface area contributed by atoms with Gasteiger partial charge in [0.05, 0.1) is 13.2 Å². The molecule has 0 spiro atoms. The van der Waals surface area contributed by atoms with Crippen molar-refractivity contribution in [2.75, 3.05) is 13.7 Å². The fourth-order valence-electron chi connectivity index (χ4n) is 4.85. The van der Waals surface area contributed by atoms with Crippen LogP contribution in [0, 0.1) is 11.8 Å². The van der Waals surface area contributed by atoms with Gasteiger partial charge in [-0.1, -0.05) is 75.8 Å². The van der Waals surface area contributed by atoms with E-state index in [0.29, 0.717) is 25.2 Å². The summed E-state index contributed by atoms with van der Waals surface area (Å²) in [5.74, 6) is 1.73. The number of Topliss-reactive ketones (excluding diaryl/α,β-unsaturated/α-hetero) is 1. The van der Waals surface area contributed by atoms with Gasteiger partial charge in [-0.2, -0.15) is 0 Å². The molecule has 1 aliphatic rings. The van der Waals surface area contributed by atoms with E-state index in [1.165, 1.54) is 0 Å². The second kappa shape index (κ2) is 16.5. The fraction of sp³-hybridized carbons (Fsp3) is 0.655. The number of nitrogens with one attached hydrogen (secondary N) is 1. The monoisotopic (exact) mass is 471 g/mol. The van der Waals surface area contributed by atoms with Crippen molar-refractivity contribution in [2.45, 2.75) is 96.5 Å². The number of benzene rings is 1. The first-order chi connectivity index (χ1) is 16.5.